The Morgan fingerprint density at radius 2 is 1.32 bits per heavy atom. The number of imidazole rings is 1. The van der Waals surface area contributed by atoms with Gasteiger partial charge in [0.25, 0.3) is 0 Å². The number of ether oxygens (including phenoxy) is 2. The Morgan fingerprint density at radius 3 is 1.94 bits per heavy atom. The fourth-order valence-corrected chi connectivity index (χ4v) is 6.14. The Bertz CT molecular complexity index is 1880. The van der Waals surface area contributed by atoms with Crippen molar-refractivity contribution in [2.75, 3.05) is 56.6 Å². The predicted molar refractivity (Wildman–Crippen MR) is 187 cm³/mol. The average molecular weight is 652 g/mol. The monoisotopic (exact) mass is 651 g/mol. The first kappa shape index (κ1) is 32.1. The van der Waals surface area contributed by atoms with Gasteiger partial charge in [0.15, 0.2) is 0 Å². The molecule has 0 unspecified atom stereocenters. The van der Waals surface area contributed by atoms with Gasteiger partial charge < -0.3 is 24.7 Å². The minimum absolute atomic E-state index is 0.315. The normalized spacial score (nSPS) is 13.6. The van der Waals surface area contributed by atoms with Crippen LogP contribution in [-0.4, -0.2) is 72.3 Å². The molecule has 0 aliphatic carbocycles. The number of hydrogen-bond acceptors (Lipinski definition) is 8. The van der Waals surface area contributed by atoms with Crippen molar-refractivity contribution in [1.82, 2.24) is 14.5 Å². The van der Waals surface area contributed by atoms with Gasteiger partial charge in [0, 0.05) is 49.9 Å². The van der Waals surface area contributed by atoms with E-state index >= 15 is 0 Å². The van der Waals surface area contributed by atoms with Gasteiger partial charge in [0.05, 0.1) is 46.7 Å². The second kappa shape index (κ2) is 14.3. The molecule has 0 radical (unpaired) electrons. The third-order valence-electron chi connectivity index (χ3n) is 8.47. The summed E-state index contributed by atoms with van der Waals surface area (Å²) in [5, 5.41) is 0.705. The second-order valence-corrected chi connectivity index (χ2v) is 11.9. The number of carbonyl (C=O) groups excluding carboxylic acids is 2. The van der Waals surface area contributed by atoms with E-state index in [2.05, 4.69) is 38.6 Å². The zero-order chi connectivity index (χ0) is 32.9. The quantitative estimate of drug-likeness (QED) is 0.130. The third kappa shape index (κ3) is 7.11. The van der Waals surface area contributed by atoms with E-state index in [1.165, 1.54) is 0 Å². The molecule has 242 valence electrons. The predicted octanol–water partition coefficient (Wildman–Crippen LogP) is 6.78. The van der Waals surface area contributed by atoms with Crippen molar-refractivity contribution >= 4 is 45.9 Å². The minimum atomic E-state index is -0.364. The van der Waals surface area contributed by atoms with E-state index in [-0.39, 0.29) is 11.9 Å². The zero-order valence-corrected chi connectivity index (χ0v) is 27.4. The van der Waals surface area contributed by atoms with E-state index in [4.69, 9.17) is 31.8 Å². The smallest absolute Gasteiger partial charge is 0.338 e. The molecular formula is C37H38ClN5O4. The van der Waals surface area contributed by atoms with Gasteiger partial charge in [-0.05, 0) is 73.5 Å². The summed E-state index contributed by atoms with van der Waals surface area (Å²) in [5.41, 5.74) is 13.7. The number of benzene rings is 4. The summed E-state index contributed by atoms with van der Waals surface area (Å²) < 4.78 is 12.6. The van der Waals surface area contributed by atoms with Gasteiger partial charge >= 0.3 is 11.9 Å². The highest BCUT2D eigenvalue weighted by molar-refractivity contribution is 6.30. The number of aromatic nitrogens is 2. The Morgan fingerprint density at radius 1 is 0.745 bits per heavy atom. The largest absolute Gasteiger partial charge is 0.462 e. The molecule has 2 heterocycles. The summed E-state index contributed by atoms with van der Waals surface area (Å²) >= 11 is 6.09. The fourth-order valence-electron chi connectivity index (χ4n) is 6.01. The molecule has 9 nitrogen and oxygen atoms in total. The van der Waals surface area contributed by atoms with Gasteiger partial charge in [-0.15, -0.1) is 0 Å². The molecule has 1 saturated heterocycles. The maximum absolute atomic E-state index is 12.5. The fraction of sp³-hybridized carbons (Fsp3) is 0.270. The van der Waals surface area contributed by atoms with Crippen LogP contribution in [0, 0.1) is 0 Å². The Hall–Kier alpha value is -4.86. The lowest BCUT2D eigenvalue weighted by atomic mass is 10.0. The number of nitrogens with two attached hydrogens (primary N) is 1. The van der Waals surface area contributed by atoms with Crippen LogP contribution >= 0.6 is 11.6 Å². The van der Waals surface area contributed by atoms with Gasteiger partial charge in [0.1, 0.15) is 5.82 Å². The van der Waals surface area contributed by atoms with Crippen LogP contribution in [0.4, 0.5) is 11.4 Å². The van der Waals surface area contributed by atoms with Crippen molar-refractivity contribution < 1.29 is 19.1 Å². The maximum atomic E-state index is 12.5. The summed E-state index contributed by atoms with van der Waals surface area (Å²) in [6.45, 7) is 9.13. The van der Waals surface area contributed by atoms with E-state index in [9.17, 15) is 9.59 Å². The van der Waals surface area contributed by atoms with Gasteiger partial charge in [-0.2, -0.15) is 0 Å². The molecule has 0 saturated carbocycles. The van der Waals surface area contributed by atoms with Gasteiger partial charge in [-0.25, -0.2) is 14.6 Å². The van der Waals surface area contributed by atoms with Crippen LogP contribution in [0.5, 0.6) is 0 Å². The van der Waals surface area contributed by atoms with Crippen molar-refractivity contribution in [2.24, 2.45) is 0 Å². The van der Waals surface area contributed by atoms with Crippen LogP contribution in [0.2, 0.25) is 5.02 Å². The number of piperazine rings is 1. The highest BCUT2D eigenvalue weighted by Gasteiger charge is 2.21. The van der Waals surface area contributed by atoms with Crippen molar-refractivity contribution in [2.45, 2.75) is 20.4 Å². The number of hydrogen-bond donors (Lipinski definition) is 1. The molecule has 6 rings (SSSR count). The lowest BCUT2D eigenvalue weighted by Crippen LogP contribution is -2.47. The van der Waals surface area contributed by atoms with E-state index in [0.29, 0.717) is 35.1 Å². The number of rotatable bonds is 10. The maximum Gasteiger partial charge on any atom is 0.338 e. The molecule has 5 aromatic rings. The molecule has 1 aromatic heterocycles. The van der Waals surface area contributed by atoms with Crippen LogP contribution in [0.15, 0.2) is 84.9 Å². The highest BCUT2D eigenvalue weighted by Crippen LogP contribution is 2.30. The van der Waals surface area contributed by atoms with Gasteiger partial charge in [-0.3, -0.25) is 4.90 Å². The minimum Gasteiger partial charge on any atom is -0.462 e. The Kier molecular flexibility index (Phi) is 9.75. The molecule has 0 bridgehead atoms. The lowest BCUT2D eigenvalue weighted by molar-refractivity contribution is 0.0517. The van der Waals surface area contributed by atoms with E-state index in [0.717, 1.165) is 78.5 Å². The SMILES string of the molecule is CCOC(=O)c1ccc(N2CCN(CCn3c(-c4ccc(-c5ccc(Cl)cc5)cc4)nc4cc(C(=O)OCC)ccc43)CC2)c(N)c1. The van der Waals surface area contributed by atoms with Crippen LogP contribution in [0.3, 0.4) is 0 Å². The highest BCUT2D eigenvalue weighted by atomic mass is 35.5. The summed E-state index contributed by atoms with van der Waals surface area (Å²) in [4.78, 5) is 34.3. The van der Waals surface area contributed by atoms with Gasteiger partial charge in [-0.1, -0.05) is 48.0 Å². The van der Waals surface area contributed by atoms with Crippen molar-refractivity contribution in [3.63, 3.8) is 0 Å². The molecule has 1 aliphatic rings. The van der Waals surface area contributed by atoms with Crippen molar-refractivity contribution in [1.29, 1.82) is 0 Å². The molecule has 4 aromatic carbocycles. The molecule has 1 fully saturated rings. The molecule has 10 heteroatoms. The molecule has 0 atom stereocenters. The number of nitrogen functional groups attached to an aromatic ring is 1. The van der Waals surface area contributed by atoms with E-state index in [1.54, 1.807) is 26.0 Å². The molecule has 1 aliphatic heterocycles. The molecule has 0 spiro atoms. The third-order valence-corrected chi connectivity index (χ3v) is 8.72. The van der Waals surface area contributed by atoms with E-state index < -0.39 is 0 Å². The lowest BCUT2D eigenvalue weighted by Gasteiger charge is -2.36. The average Bonchev–Trinajstić information content (AvgIpc) is 3.46. The molecular weight excluding hydrogens is 614 g/mol. The second-order valence-electron chi connectivity index (χ2n) is 11.4. The van der Waals surface area contributed by atoms with E-state index in [1.807, 2.05) is 48.5 Å². The Balaban J connectivity index is 1.20. The number of halogens is 1. The van der Waals surface area contributed by atoms with Crippen LogP contribution in [0.25, 0.3) is 33.5 Å². The molecule has 2 N–H and O–H groups in total. The first-order valence-electron chi connectivity index (χ1n) is 15.9. The number of carbonyl (C=O) groups is 2. The van der Waals surface area contributed by atoms with Crippen molar-refractivity contribution in [3.05, 3.63) is 101 Å². The van der Waals surface area contributed by atoms with Crippen LogP contribution < -0.4 is 10.6 Å². The van der Waals surface area contributed by atoms with Crippen LogP contribution in [-0.2, 0) is 16.0 Å². The number of nitrogens with zero attached hydrogens (tertiary/aromatic N) is 4. The zero-order valence-electron chi connectivity index (χ0n) is 26.6. The summed E-state index contributed by atoms with van der Waals surface area (Å²) in [6, 6.07) is 27.1. The van der Waals surface area contributed by atoms with Crippen LogP contribution in [0.1, 0.15) is 34.6 Å². The number of anilines is 2. The van der Waals surface area contributed by atoms with Gasteiger partial charge in [0.2, 0.25) is 0 Å². The number of esters is 2. The number of fused-ring (bicyclic) bond motifs is 1. The summed E-state index contributed by atoms with van der Waals surface area (Å²) in [7, 11) is 0. The standard InChI is InChI=1S/C37H38ClN5O4/c1-3-46-36(44)28-11-15-33(31(39)23-28)42-20-17-41(18-21-42)19-22-43-34-16-12-29(37(45)47-4-2)24-32(34)40-35(43)27-7-5-25(6-8-27)26-9-13-30(38)14-10-26/h5-16,23-24H,3-4,17-22,39H2,1-2H3. The Labute approximate surface area is 279 Å². The summed E-state index contributed by atoms with van der Waals surface area (Å²) in [6.07, 6.45) is 0. The topological polar surface area (TPSA) is 103 Å². The summed E-state index contributed by atoms with van der Waals surface area (Å²) in [5.74, 6) is 0.125. The molecule has 0 amide bonds. The first-order chi connectivity index (χ1) is 22.8. The molecule has 47 heavy (non-hydrogen) atoms. The first-order valence-corrected chi connectivity index (χ1v) is 16.3. The van der Waals surface area contributed by atoms with Crippen molar-refractivity contribution in [3.8, 4) is 22.5 Å².